The number of alkyl halides is 2. The Labute approximate surface area is 138 Å². The molecular weight excluding hydrogens is 320 g/mol. The maximum Gasteiger partial charge on any atom is 0.251 e. The number of halogens is 2. The number of H-pyrrole nitrogens is 1. The van der Waals surface area contributed by atoms with E-state index in [0.717, 1.165) is 0 Å². The number of morpholine rings is 1. The average molecular weight is 341 g/mol. The van der Waals surface area contributed by atoms with Crippen LogP contribution in [0.25, 0.3) is 0 Å². The summed E-state index contributed by atoms with van der Waals surface area (Å²) in [5.41, 5.74) is 0.314. The van der Waals surface area contributed by atoms with Gasteiger partial charge in [-0.25, -0.2) is 13.8 Å². The van der Waals surface area contributed by atoms with Crippen molar-refractivity contribution in [1.29, 1.82) is 0 Å². The van der Waals surface area contributed by atoms with Crippen LogP contribution < -0.4 is 5.56 Å². The molecule has 1 aromatic heterocycles. The molecule has 0 bridgehead atoms. The van der Waals surface area contributed by atoms with Crippen LogP contribution in [0.1, 0.15) is 43.3 Å². The van der Waals surface area contributed by atoms with Crippen molar-refractivity contribution < 1.29 is 18.3 Å². The van der Waals surface area contributed by atoms with Gasteiger partial charge in [0, 0.05) is 37.1 Å². The molecule has 2 fully saturated rings. The maximum atomic E-state index is 13.3. The van der Waals surface area contributed by atoms with Crippen LogP contribution in [-0.2, 0) is 9.53 Å². The largest absolute Gasteiger partial charge is 0.367 e. The van der Waals surface area contributed by atoms with Crippen molar-refractivity contribution in [2.75, 3.05) is 19.7 Å². The first-order valence-corrected chi connectivity index (χ1v) is 8.20. The van der Waals surface area contributed by atoms with Crippen molar-refractivity contribution >= 4 is 5.91 Å². The van der Waals surface area contributed by atoms with Gasteiger partial charge in [-0.3, -0.25) is 9.59 Å². The van der Waals surface area contributed by atoms with Crippen LogP contribution in [0.2, 0.25) is 0 Å². The normalized spacial score (nSPS) is 24.8. The van der Waals surface area contributed by atoms with Gasteiger partial charge in [0.2, 0.25) is 11.8 Å². The first-order valence-electron chi connectivity index (χ1n) is 8.20. The monoisotopic (exact) mass is 341 g/mol. The molecule has 1 amide bonds. The molecule has 0 aromatic carbocycles. The smallest absolute Gasteiger partial charge is 0.251 e. The first-order chi connectivity index (χ1) is 11.3. The number of nitrogens with zero attached hydrogens (tertiary/aromatic N) is 2. The lowest BCUT2D eigenvalue weighted by molar-refractivity contribution is -0.147. The SMILES string of the molecule is Cc1cc(=O)[nH]c([C@H]2CN(C(=O)C3CCC(F)(F)CC3)CCO2)n1. The number of hydrogen-bond donors (Lipinski definition) is 1. The van der Waals surface area contributed by atoms with E-state index in [4.69, 9.17) is 4.74 Å². The Bertz CT molecular complexity index is 667. The molecule has 2 heterocycles. The minimum absolute atomic E-state index is 0.103. The molecule has 1 N–H and O–H groups in total. The highest BCUT2D eigenvalue weighted by Gasteiger charge is 2.39. The van der Waals surface area contributed by atoms with Gasteiger partial charge in [-0.15, -0.1) is 0 Å². The fourth-order valence-electron chi connectivity index (χ4n) is 3.31. The van der Waals surface area contributed by atoms with Crippen molar-refractivity contribution in [3.8, 4) is 0 Å². The predicted octanol–water partition coefficient (Wildman–Crippen LogP) is 1.80. The second-order valence-corrected chi connectivity index (χ2v) is 6.55. The molecule has 1 saturated carbocycles. The summed E-state index contributed by atoms with van der Waals surface area (Å²) in [5.74, 6) is -2.70. The van der Waals surface area contributed by atoms with Gasteiger partial charge in [-0.05, 0) is 19.8 Å². The zero-order chi connectivity index (χ0) is 17.3. The molecule has 1 atom stereocenters. The number of aryl methyl sites for hydroxylation is 1. The zero-order valence-electron chi connectivity index (χ0n) is 13.6. The van der Waals surface area contributed by atoms with Crippen LogP contribution >= 0.6 is 0 Å². The van der Waals surface area contributed by atoms with E-state index in [0.29, 0.717) is 24.7 Å². The summed E-state index contributed by atoms with van der Waals surface area (Å²) in [7, 11) is 0. The topological polar surface area (TPSA) is 75.3 Å². The quantitative estimate of drug-likeness (QED) is 0.890. The van der Waals surface area contributed by atoms with Gasteiger partial charge in [0.25, 0.3) is 5.56 Å². The molecule has 1 saturated heterocycles. The standard InChI is InChI=1S/C16H21F2N3O3/c1-10-8-13(22)20-14(19-10)12-9-21(6-7-24-12)15(23)11-2-4-16(17,18)5-3-11/h8,11-12H,2-7,9H2,1H3,(H,19,20,22)/t12-/m1/s1. The number of aromatic amines is 1. The molecule has 1 aromatic rings. The Morgan fingerprint density at radius 3 is 2.79 bits per heavy atom. The van der Waals surface area contributed by atoms with Crippen LogP contribution in [0.5, 0.6) is 0 Å². The Hall–Kier alpha value is -1.83. The van der Waals surface area contributed by atoms with E-state index in [1.165, 1.54) is 6.07 Å². The number of hydrogen-bond acceptors (Lipinski definition) is 4. The second kappa shape index (κ2) is 6.58. The summed E-state index contributed by atoms with van der Waals surface area (Å²) in [6.07, 6.45) is -0.533. The minimum Gasteiger partial charge on any atom is -0.367 e. The highest BCUT2D eigenvalue weighted by Crippen LogP contribution is 2.37. The molecule has 132 valence electrons. The van der Waals surface area contributed by atoms with Crippen LogP contribution in [0, 0.1) is 12.8 Å². The third-order valence-corrected chi connectivity index (χ3v) is 4.64. The van der Waals surface area contributed by atoms with Crippen LogP contribution in [0.15, 0.2) is 10.9 Å². The Balaban J connectivity index is 1.67. The van der Waals surface area contributed by atoms with Gasteiger partial charge in [0.05, 0.1) is 13.2 Å². The number of nitrogens with one attached hydrogen (secondary N) is 1. The summed E-state index contributed by atoms with van der Waals surface area (Å²) in [5, 5.41) is 0. The van der Waals surface area contributed by atoms with Gasteiger partial charge in [-0.2, -0.15) is 0 Å². The zero-order valence-corrected chi connectivity index (χ0v) is 13.6. The van der Waals surface area contributed by atoms with E-state index < -0.39 is 12.0 Å². The summed E-state index contributed by atoms with van der Waals surface area (Å²) in [6.45, 7) is 2.75. The number of carbonyl (C=O) groups excluding carboxylic acids is 1. The third kappa shape index (κ3) is 3.80. The molecule has 8 heteroatoms. The predicted molar refractivity (Wildman–Crippen MR) is 81.8 cm³/mol. The molecule has 2 aliphatic rings. The molecule has 6 nitrogen and oxygen atoms in total. The van der Waals surface area contributed by atoms with E-state index in [1.807, 2.05) is 0 Å². The minimum atomic E-state index is -2.64. The summed E-state index contributed by atoms with van der Waals surface area (Å²) >= 11 is 0. The lowest BCUT2D eigenvalue weighted by Crippen LogP contribution is -2.46. The highest BCUT2D eigenvalue weighted by molar-refractivity contribution is 5.79. The van der Waals surface area contributed by atoms with Crippen LogP contribution in [0.4, 0.5) is 8.78 Å². The lowest BCUT2D eigenvalue weighted by atomic mass is 9.85. The van der Waals surface area contributed by atoms with Crippen LogP contribution in [-0.4, -0.2) is 46.4 Å². The number of rotatable bonds is 2. The maximum absolute atomic E-state index is 13.3. The Kier molecular flexibility index (Phi) is 4.67. The molecule has 1 aliphatic heterocycles. The van der Waals surface area contributed by atoms with E-state index in [-0.39, 0.29) is 49.6 Å². The summed E-state index contributed by atoms with van der Waals surface area (Å²) in [4.78, 5) is 32.7. The Morgan fingerprint density at radius 2 is 2.12 bits per heavy atom. The second-order valence-electron chi connectivity index (χ2n) is 6.55. The van der Waals surface area contributed by atoms with Crippen molar-refractivity contribution in [1.82, 2.24) is 14.9 Å². The molecular formula is C16H21F2N3O3. The van der Waals surface area contributed by atoms with E-state index in [1.54, 1.807) is 11.8 Å². The van der Waals surface area contributed by atoms with Gasteiger partial charge < -0.3 is 14.6 Å². The van der Waals surface area contributed by atoms with E-state index in [2.05, 4.69) is 9.97 Å². The average Bonchev–Trinajstić information content (AvgIpc) is 2.53. The van der Waals surface area contributed by atoms with Crippen molar-refractivity contribution in [2.24, 2.45) is 5.92 Å². The number of aromatic nitrogens is 2. The van der Waals surface area contributed by atoms with E-state index >= 15 is 0 Å². The number of amides is 1. The molecule has 3 rings (SSSR count). The Morgan fingerprint density at radius 1 is 1.42 bits per heavy atom. The van der Waals surface area contributed by atoms with Gasteiger partial charge in [0.15, 0.2) is 0 Å². The highest BCUT2D eigenvalue weighted by atomic mass is 19.3. The van der Waals surface area contributed by atoms with Crippen LogP contribution in [0.3, 0.4) is 0 Å². The fraction of sp³-hybridized carbons (Fsp3) is 0.688. The van der Waals surface area contributed by atoms with Gasteiger partial charge in [-0.1, -0.05) is 0 Å². The molecule has 24 heavy (non-hydrogen) atoms. The fourth-order valence-corrected chi connectivity index (χ4v) is 3.31. The number of ether oxygens (including phenoxy) is 1. The van der Waals surface area contributed by atoms with Crippen molar-refractivity contribution in [3.05, 3.63) is 27.9 Å². The van der Waals surface area contributed by atoms with Gasteiger partial charge >= 0.3 is 0 Å². The number of carbonyl (C=O) groups is 1. The lowest BCUT2D eigenvalue weighted by Gasteiger charge is -2.36. The molecule has 0 spiro atoms. The summed E-state index contributed by atoms with van der Waals surface area (Å²) in [6, 6.07) is 1.39. The molecule has 0 radical (unpaired) electrons. The molecule has 0 unspecified atom stereocenters. The van der Waals surface area contributed by atoms with E-state index in [9.17, 15) is 18.4 Å². The van der Waals surface area contributed by atoms with Crippen molar-refractivity contribution in [2.45, 2.75) is 44.6 Å². The van der Waals surface area contributed by atoms with Gasteiger partial charge in [0.1, 0.15) is 11.9 Å². The molecule has 1 aliphatic carbocycles. The van der Waals surface area contributed by atoms with Crippen molar-refractivity contribution in [3.63, 3.8) is 0 Å². The third-order valence-electron chi connectivity index (χ3n) is 4.64. The first kappa shape index (κ1) is 17.0. The summed E-state index contributed by atoms with van der Waals surface area (Å²) < 4.78 is 32.1.